The Labute approximate surface area is 231 Å². The van der Waals surface area contributed by atoms with Gasteiger partial charge in [-0.25, -0.2) is 8.42 Å². The molecule has 5 rings (SSSR count). The molecule has 0 aliphatic carbocycles. The Bertz CT molecular complexity index is 1730. The third-order valence-corrected chi connectivity index (χ3v) is 9.58. The zero-order valence-corrected chi connectivity index (χ0v) is 24.2. The molecule has 0 saturated carbocycles. The molecule has 0 fully saturated rings. The van der Waals surface area contributed by atoms with E-state index >= 15 is 0 Å². The van der Waals surface area contributed by atoms with E-state index in [1.807, 2.05) is 26.0 Å². The number of ether oxygens (including phenoxy) is 1. The Morgan fingerprint density at radius 1 is 1.08 bits per heavy atom. The molecule has 0 saturated heterocycles. The Morgan fingerprint density at radius 2 is 1.79 bits per heavy atom. The number of aromatic nitrogens is 1. The fourth-order valence-corrected chi connectivity index (χ4v) is 7.05. The summed E-state index contributed by atoms with van der Waals surface area (Å²) in [6.45, 7) is 10.3. The van der Waals surface area contributed by atoms with Crippen LogP contribution >= 0.6 is 11.3 Å². The number of carbonyl (C=O) groups excluding carboxylic acids is 1. The van der Waals surface area contributed by atoms with Gasteiger partial charge in [-0.2, -0.15) is 0 Å². The van der Waals surface area contributed by atoms with Crippen LogP contribution in [0.1, 0.15) is 38.8 Å². The molecule has 39 heavy (non-hydrogen) atoms. The molecule has 10 heteroatoms. The van der Waals surface area contributed by atoms with Gasteiger partial charge in [-0.05, 0) is 67.3 Å². The molecule has 2 heterocycles. The summed E-state index contributed by atoms with van der Waals surface area (Å²) in [6, 6.07) is 17.4. The van der Waals surface area contributed by atoms with Crippen molar-refractivity contribution in [2.24, 2.45) is 0 Å². The smallest absolute Gasteiger partial charge is 0.308 e. The second kappa shape index (κ2) is 9.84. The van der Waals surface area contributed by atoms with Gasteiger partial charge in [-0.1, -0.05) is 55.9 Å². The van der Waals surface area contributed by atoms with Crippen molar-refractivity contribution < 1.29 is 17.9 Å². The minimum atomic E-state index is -3.99. The Morgan fingerprint density at radius 3 is 2.46 bits per heavy atom. The molecule has 0 unspecified atom stereocenters. The highest BCUT2D eigenvalue weighted by atomic mass is 32.2. The number of thiazole rings is 1. The van der Waals surface area contributed by atoms with Crippen molar-refractivity contribution in [1.29, 1.82) is 0 Å². The predicted octanol–water partition coefficient (Wildman–Crippen LogP) is 5.28. The number of benzene rings is 3. The first-order valence-corrected chi connectivity index (χ1v) is 15.0. The van der Waals surface area contributed by atoms with E-state index in [-0.39, 0.29) is 21.7 Å². The highest BCUT2D eigenvalue weighted by Gasteiger charge is 2.38. The lowest BCUT2D eigenvalue weighted by molar-refractivity contribution is -0.122. The van der Waals surface area contributed by atoms with Gasteiger partial charge in [0.15, 0.2) is 6.10 Å². The maximum Gasteiger partial charge on any atom is 0.308 e. The second-order valence-corrected chi connectivity index (χ2v) is 13.5. The zero-order valence-electron chi connectivity index (χ0n) is 22.5. The van der Waals surface area contributed by atoms with Crippen LogP contribution in [0.25, 0.3) is 10.2 Å². The van der Waals surface area contributed by atoms with Crippen molar-refractivity contribution in [2.75, 3.05) is 16.2 Å². The van der Waals surface area contributed by atoms with Crippen LogP contribution in [0.5, 0.6) is 5.75 Å². The molecule has 3 aromatic carbocycles. The van der Waals surface area contributed by atoms with E-state index in [4.69, 9.17) is 4.74 Å². The van der Waals surface area contributed by atoms with E-state index in [9.17, 15) is 18.0 Å². The Balaban J connectivity index is 1.50. The van der Waals surface area contributed by atoms with Gasteiger partial charge in [-0.3, -0.25) is 18.5 Å². The van der Waals surface area contributed by atoms with Crippen molar-refractivity contribution in [3.8, 4) is 5.75 Å². The van der Waals surface area contributed by atoms with Gasteiger partial charge >= 0.3 is 4.87 Å². The summed E-state index contributed by atoms with van der Waals surface area (Å²) in [7, 11) is -3.99. The first-order valence-electron chi connectivity index (χ1n) is 12.7. The lowest BCUT2D eigenvalue weighted by Gasteiger charge is -2.36. The van der Waals surface area contributed by atoms with Gasteiger partial charge in [0.25, 0.3) is 15.9 Å². The standard InChI is InChI=1S/C29H31N3O5S2/c1-6-31-22-13-10-20(16-26(22)38-28(31)34)30-27(33)25-17-32(39(35,36)21-11-7-18(2)8-12-21)23-15-19(29(3,4)5)9-14-24(23)37-25/h7-16,25H,6,17H2,1-5H3,(H,30,33)/t25-/m0/s1. The number of anilines is 2. The van der Waals surface area contributed by atoms with Gasteiger partial charge < -0.3 is 10.1 Å². The van der Waals surface area contributed by atoms with Gasteiger partial charge in [0.2, 0.25) is 0 Å². The quantitative estimate of drug-likeness (QED) is 0.355. The molecule has 1 amide bonds. The highest BCUT2D eigenvalue weighted by molar-refractivity contribution is 7.92. The number of fused-ring (bicyclic) bond motifs is 2. The van der Waals surface area contributed by atoms with Crippen molar-refractivity contribution in [2.45, 2.75) is 57.6 Å². The largest absolute Gasteiger partial charge is 0.476 e. The number of rotatable bonds is 5. The minimum Gasteiger partial charge on any atom is -0.476 e. The number of nitrogens with zero attached hydrogens (tertiary/aromatic N) is 2. The number of hydrogen-bond acceptors (Lipinski definition) is 6. The monoisotopic (exact) mass is 565 g/mol. The molecule has 1 aliphatic rings. The molecular weight excluding hydrogens is 534 g/mol. The van der Waals surface area contributed by atoms with Crippen LogP contribution in [0.2, 0.25) is 0 Å². The van der Waals surface area contributed by atoms with Crippen molar-refractivity contribution in [3.05, 3.63) is 81.5 Å². The molecule has 1 aromatic heterocycles. The normalized spacial score (nSPS) is 15.6. The third-order valence-electron chi connectivity index (χ3n) is 6.85. The highest BCUT2D eigenvalue weighted by Crippen LogP contribution is 2.40. The van der Waals surface area contributed by atoms with E-state index in [2.05, 4.69) is 26.1 Å². The predicted molar refractivity (Wildman–Crippen MR) is 156 cm³/mol. The second-order valence-electron chi connectivity index (χ2n) is 10.7. The topological polar surface area (TPSA) is 97.7 Å². The van der Waals surface area contributed by atoms with Crippen LogP contribution < -0.4 is 19.2 Å². The summed E-state index contributed by atoms with van der Waals surface area (Å²) >= 11 is 1.11. The van der Waals surface area contributed by atoms with Gasteiger partial charge in [0.05, 0.1) is 27.3 Å². The van der Waals surface area contributed by atoms with E-state index in [0.29, 0.717) is 23.7 Å². The molecule has 0 spiro atoms. The van der Waals surface area contributed by atoms with Crippen LogP contribution in [0.4, 0.5) is 11.4 Å². The molecular formula is C29H31N3O5S2. The van der Waals surface area contributed by atoms with Gasteiger partial charge in [-0.15, -0.1) is 0 Å². The van der Waals surface area contributed by atoms with Crippen LogP contribution in [0.15, 0.2) is 70.4 Å². The van der Waals surface area contributed by atoms with Gasteiger partial charge in [0.1, 0.15) is 5.75 Å². The Kier molecular flexibility index (Phi) is 6.80. The average molecular weight is 566 g/mol. The molecule has 1 atom stereocenters. The number of hydrogen-bond donors (Lipinski definition) is 1. The third kappa shape index (κ3) is 5.06. The summed E-state index contributed by atoms with van der Waals surface area (Å²) in [4.78, 5) is 25.7. The number of carbonyl (C=O) groups is 1. The van der Waals surface area contributed by atoms with Crippen LogP contribution in [-0.2, 0) is 26.8 Å². The van der Waals surface area contributed by atoms with E-state index in [1.165, 1.54) is 4.31 Å². The van der Waals surface area contributed by atoms with Crippen LogP contribution in [-0.4, -0.2) is 31.5 Å². The van der Waals surface area contributed by atoms with Crippen molar-refractivity contribution in [3.63, 3.8) is 0 Å². The molecule has 1 N–H and O–H groups in total. The lowest BCUT2D eigenvalue weighted by Crippen LogP contribution is -2.49. The number of nitrogens with one attached hydrogen (secondary N) is 1. The molecule has 0 radical (unpaired) electrons. The number of aryl methyl sites for hydroxylation is 2. The molecule has 1 aliphatic heterocycles. The van der Waals surface area contributed by atoms with Crippen molar-refractivity contribution >= 4 is 48.9 Å². The summed E-state index contributed by atoms with van der Waals surface area (Å²) in [5.74, 6) is -0.162. The van der Waals surface area contributed by atoms with Crippen molar-refractivity contribution in [1.82, 2.24) is 4.57 Å². The minimum absolute atomic E-state index is 0.0604. The van der Waals surface area contributed by atoms with Crippen LogP contribution in [0.3, 0.4) is 0 Å². The van der Waals surface area contributed by atoms with Crippen LogP contribution in [0, 0.1) is 6.92 Å². The molecule has 4 aromatic rings. The van der Waals surface area contributed by atoms with E-state index in [0.717, 1.165) is 32.7 Å². The summed E-state index contributed by atoms with van der Waals surface area (Å²) in [5.41, 5.74) is 3.38. The zero-order chi connectivity index (χ0) is 28.1. The Hall–Kier alpha value is -3.63. The first kappa shape index (κ1) is 27.0. The summed E-state index contributed by atoms with van der Waals surface area (Å²) in [6.07, 6.45) is -1.09. The SMILES string of the molecule is CCn1c(=O)sc2cc(NC(=O)[C@@H]3CN(S(=O)(=O)c4ccc(C)cc4)c4cc(C(C)(C)C)ccc4O3)ccc21. The number of amides is 1. The van der Waals surface area contributed by atoms with E-state index < -0.39 is 22.0 Å². The maximum atomic E-state index is 13.9. The fraction of sp³-hybridized carbons (Fsp3) is 0.310. The average Bonchev–Trinajstić information content (AvgIpc) is 3.21. The van der Waals surface area contributed by atoms with E-state index in [1.54, 1.807) is 53.1 Å². The molecule has 8 nitrogen and oxygen atoms in total. The summed E-state index contributed by atoms with van der Waals surface area (Å²) in [5, 5.41) is 2.85. The molecule has 204 valence electrons. The van der Waals surface area contributed by atoms with Gasteiger partial charge in [0, 0.05) is 12.2 Å². The maximum absolute atomic E-state index is 13.9. The lowest BCUT2D eigenvalue weighted by atomic mass is 9.86. The molecule has 0 bridgehead atoms. The first-order chi connectivity index (χ1) is 18.4. The summed E-state index contributed by atoms with van der Waals surface area (Å²) < 4.78 is 37.5. The fourth-order valence-electron chi connectivity index (χ4n) is 4.59. The number of sulfonamides is 1.